The van der Waals surface area contributed by atoms with Crippen molar-refractivity contribution in [1.82, 2.24) is 5.32 Å². The average molecular weight is 247 g/mol. The lowest BCUT2D eigenvalue weighted by Gasteiger charge is -2.15. The van der Waals surface area contributed by atoms with Crippen LogP contribution in [0.3, 0.4) is 0 Å². The van der Waals surface area contributed by atoms with Crippen LogP contribution >= 0.6 is 11.8 Å². The van der Waals surface area contributed by atoms with E-state index in [4.69, 9.17) is 0 Å². The Kier molecular flexibility index (Phi) is 8.07. The quantitative estimate of drug-likeness (QED) is 0.692. The lowest BCUT2D eigenvalue weighted by atomic mass is 10.1. The van der Waals surface area contributed by atoms with E-state index in [0.717, 1.165) is 6.42 Å². The van der Waals surface area contributed by atoms with Gasteiger partial charge in [0, 0.05) is 12.2 Å². The van der Waals surface area contributed by atoms with Gasteiger partial charge < -0.3 is 10.1 Å². The van der Waals surface area contributed by atoms with Crippen LogP contribution in [0.15, 0.2) is 0 Å². The van der Waals surface area contributed by atoms with Crippen LogP contribution in [0.5, 0.6) is 0 Å². The Balaban J connectivity index is 4.07. The summed E-state index contributed by atoms with van der Waals surface area (Å²) in [5, 5.41) is 2.69. The van der Waals surface area contributed by atoms with Gasteiger partial charge in [-0.15, -0.1) is 0 Å². The third kappa shape index (κ3) is 6.71. The molecule has 0 aromatic heterocycles. The predicted molar refractivity (Wildman–Crippen MR) is 66.4 cm³/mol. The van der Waals surface area contributed by atoms with Crippen molar-refractivity contribution in [3.05, 3.63) is 0 Å². The van der Waals surface area contributed by atoms with Gasteiger partial charge in [-0.3, -0.25) is 4.79 Å². The van der Waals surface area contributed by atoms with E-state index in [1.807, 2.05) is 6.26 Å². The van der Waals surface area contributed by atoms with Gasteiger partial charge in [-0.1, -0.05) is 13.8 Å². The number of carbonyl (C=O) groups excluding carboxylic acids is 2. The molecule has 1 amide bonds. The second kappa shape index (κ2) is 8.44. The topological polar surface area (TPSA) is 55.4 Å². The molecular formula is C11H21NO3S. The molecule has 0 aromatic carbocycles. The summed E-state index contributed by atoms with van der Waals surface area (Å²) in [7, 11) is 1.33. The zero-order valence-corrected chi connectivity index (χ0v) is 11.2. The number of hydrogen-bond acceptors (Lipinski definition) is 4. The number of nitrogens with one attached hydrogen (secondary N) is 1. The van der Waals surface area contributed by atoms with Crippen LogP contribution < -0.4 is 5.32 Å². The monoisotopic (exact) mass is 247 g/mol. The van der Waals surface area contributed by atoms with Gasteiger partial charge in [0.2, 0.25) is 5.91 Å². The molecule has 0 bridgehead atoms. The molecule has 5 heteroatoms. The molecule has 0 radical (unpaired) electrons. The first-order valence-electron chi connectivity index (χ1n) is 5.37. The molecule has 16 heavy (non-hydrogen) atoms. The van der Waals surface area contributed by atoms with Crippen LogP contribution in [0.2, 0.25) is 0 Å². The van der Waals surface area contributed by atoms with Crippen molar-refractivity contribution in [3.8, 4) is 0 Å². The van der Waals surface area contributed by atoms with Gasteiger partial charge >= 0.3 is 5.97 Å². The predicted octanol–water partition coefficient (Wildman–Crippen LogP) is 1.44. The van der Waals surface area contributed by atoms with Crippen LogP contribution in [0.1, 0.15) is 26.7 Å². The molecular weight excluding hydrogens is 226 g/mol. The number of ether oxygens (including phenoxy) is 1. The van der Waals surface area contributed by atoms with Crippen LogP contribution in [-0.2, 0) is 14.3 Å². The molecule has 1 atom stereocenters. The Hall–Kier alpha value is -0.710. The van der Waals surface area contributed by atoms with Gasteiger partial charge in [-0.2, -0.15) is 11.8 Å². The SMILES string of the molecule is COC(=O)[C@H](CSC)NC(=O)CCC(C)C. The third-order valence-electron chi connectivity index (χ3n) is 2.10. The minimum absolute atomic E-state index is 0.0850. The fourth-order valence-electron chi connectivity index (χ4n) is 1.16. The van der Waals surface area contributed by atoms with Crippen LogP contribution in [-0.4, -0.2) is 37.0 Å². The molecule has 0 aliphatic heterocycles. The van der Waals surface area contributed by atoms with Crippen molar-refractivity contribution in [2.24, 2.45) is 5.92 Å². The number of methoxy groups -OCH3 is 1. The summed E-state index contributed by atoms with van der Waals surface area (Å²) < 4.78 is 4.62. The normalized spacial score (nSPS) is 12.3. The Morgan fingerprint density at radius 3 is 2.44 bits per heavy atom. The largest absolute Gasteiger partial charge is 0.467 e. The lowest BCUT2D eigenvalue weighted by molar-refractivity contribution is -0.144. The van der Waals surface area contributed by atoms with Gasteiger partial charge in [0.05, 0.1) is 7.11 Å². The number of esters is 1. The molecule has 0 heterocycles. The first-order chi connectivity index (χ1) is 7.51. The van der Waals surface area contributed by atoms with Gasteiger partial charge in [0.1, 0.15) is 6.04 Å². The fourth-order valence-corrected chi connectivity index (χ4v) is 1.72. The summed E-state index contributed by atoms with van der Waals surface area (Å²) in [6.45, 7) is 4.12. The minimum Gasteiger partial charge on any atom is -0.467 e. The summed E-state index contributed by atoms with van der Waals surface area (Å²) in [5.41, 5.74) is 0. The first-order valence-corrected chi connectivity index (χ1v) is 6.76. The van der Waals surface area contributed by atoms with Crippen molar-refractivity contribution in [1.29, 1.82) is 0 Å². The maximum Gasteiger partial charge on any atom is 0.329 e. The number of carbonyl (C=O) groups is 2. The van der Waals surface area contributed by atoms with Gasteiger partial charge in [0.15, 0.2) is 0 Å². The van der Waals surface area contributed by atoms with Gasteiger partial charge in [0.25, 0.3) is 0 Å². The molecule has 0 unspecified atom stereocenters. The lowest BCUT2D eigenvalue weighted by Crippen LogP contribution is -2.43. The van der Waals surface area contributed by atoms with Crippen molar-refractivity contribution >= 4 is 23.6 Å². The summed E-state index contributed by atoms with van der Waals surface area (Å²) in [5.74, 6) is 0.563. The van der Waals surface area contributed by atoms with Gasteiger partial charge in [-0.25, -0.2) is 4.79 Å². The fraction of sp³-hybridized carbons (Fsp3) is 0.818. The highest BCUT2D eigenvalue weighted by molar-refractivity contribution is 7.98. The number of amides is 1. The van der Waals surface area contributed by atoms with Gasteiger partial charge in [-0.05, 0) is 18.6 Å². The summed E-state index contributed by atoms with van der Waals surface area (Å²) >= 11 is 1.50. The summed E-state index contributed by atoms with van der Waals surface area (Å²) in [6.07, 6.45) is 3.18. The van der Waals surface area contributed by atoms with Crippen LogP contribution in [0.4, 0.5) is 0 Å². The Bertz CT molecular complexity index is 231. The molecule has 0 aliphatic rings. The maximum atomic E-state index is 11.5. The second-order valence-corrected chi connectivity index (χ2v) is 4.94. The Morgan fingerprint density at radius 2 is 2.00 bits per heavy atom. The molecule has 0 aromatic rings. The molecule has 94 valence electrons. The smallest absolute Gasteiger partial charge is 0.329 e. The van der Waals surface area contributed by atoms with Crippen molar-refractivity contribution in [3.63, 3.8) is 0 Å². The molecule has 0 fully saturated rings. The molecule has 0 spiro atoms. The highest BCUT2D eigenvalue weighted by Gasteiger charge is 2.20. The highest BCUT2D eigenvalue weighted by Crippen LogP contribution is 2.05. The van der Waals surface area contributed by atoms with Crippen LogP contribution in [0, 0.1) is 5.92 Å². The Morgan fingerprint density at radius 1 is 1.38 bits per heavy atom. The first kappa shape index (κ1) is 15.3. The van der Waals surface area contributed by atoms with E-state index < -0.39 is 6.04 Å². The summed E-state index contributed by atoms with van der Waals surface area (Å²) in [6, 6.07) is -0.528. The molecule has 1 N–H and O–H groups in total. The summed E-state index contributed by atoms with van der Waals surface area (Å²) in [4.78, 5) is 22.9. The maximum absolute atomic E-state index is 11.5. The van der Waals surface area contributed by atoms with E-state index in [2.05, 4.69) is 23.9 Å². The van der Waals surface area contributed by atoms with E-state index in [-0.39, 0.29) is 11.9 Å². The number of rotatable bonds is 7. The van der Waals surface area contributed by atoms with E-state index in [1.165, 1.54) is 18.9 Å². The molecule has 4 nitrogen and oxygen atoms in total. The van der Waals surface area contributed by atoms with E-state index in [9.17, 15) is 9.59 Å². The molecule has 0 saturated heterocycles. The van der Waals surface area contributed by atoms with E-state index >= 15 is 0 Å². The van der Waals surface area contributed by atoms with E-state index in [0.29, 0.717) is 18.1 Å². The third-order valence-corrected chi connectivity index (χ3v) is 2.77. The van der Waals surface area contributed by atoms with Crippen molar-refractivity contribution in [2.45, 2.75) is 32.7 Å². The van der Waals surface area contributed by atoms with Crippen LogP contribution in [0.25, 0.3) is 0 Å². The molecule has 0 aliphatic carbocycles. The number of thioether (sulfide) groups is 1. The van der Waals surface area contributed by atoms with E-state index in [1.54, 1.807) is 0 Å². The Labute approximate surface area is 101 Å². The zero-order valence-electron chi connectivity index (χ0n) is 10.4. The average Bonchev–Trinajstić information content (AvgIpc) is 2.24. The number of hydrogen-bond donors (Lipinski definition) is 1. The molecule has 0 rings (SSSR count). The molecule has 0 saturated carbocycles. The van der Waals surface area contributed by atoms with Crippen molar-refractivity contribution in [2.75, 3.05) is 19.1 Å². The zero-order chi connectivity index (χ0) is 12.6. The minimum atomic E-state index is -0.528. The van der Waals surface area contributed by atoms with Crippen molar-refractivity contribution < 1.29 is 14.3 Å². The standard InChI is InChI=1S/C11H21NO3S/c1-8(2)5-6-10(13)12-9(7-16-4)11(14)15-3/h8-9H,5-7H2,1-4H3,(H,12,13)/t9-/m0/s1. The highest BCUT2D eigenvalue weighted by atomic mass is 32.2. The second-order valence-electron chi connectivity index (χ2n) is 4.03.